The fourth-order valence-corrected chi connectivity index (χ4v) is 1.32. The third-order valence-corrected chi connectivity index (χ3v) is 2.19. The molecule has 3 nitrogen and oxygen atoms in total. The smallest absolute Gasteiger partial charge is 0.410 e. The minimum atomic E-state index is -0.282. The molecular weight excluding hydrogens is 202 g/mol. The summed E-state index contributed by atoms with van der Waals surface area (Å²) >= 11 is 0. The van der Waals surface area contributed by atoms with E-state index in [1.165, 1.54) is 5.56 Å². The monoisotopic (exact) mass is 221 g/mol. The van der Waals surface area contributed by atoms with Crippen molar-refractivity contribution in [1.82, 2.24) is 4.90 Å². The standard InChI is InChI=1S/C13H19NO2/c1-10(2)16-13(15)14(4)9-12-7-5-11(3)6-8-12/h5-8,10H,9H2,1-4H3. The van der Waals surface area contributed by atoms with Gasteiger partial charge in [-0.2, -0.15) is 0 Å². The average Bonchev–Trinajstić information content (AvgIpc) is 2.20. The van der Waals surface area contributed by atoms with Crippen molar-refractivity contribution in [2.45, 2.75) is 33.4 Å². The van der Waals surface area contributed by atoms with Gasteiger partial charge in [-0.25, -0.2) is 4.79 Å². The quantitative estimate of drug-likeness (QED) is 0.785. The highest BCUT2D eigenvalue weighted by molar-refractivity contribution is 5.67. The molecule has 0 bridgehead atoms. The van der Waals surface area contributed by atoms with Crippen molar-refractivity contribution in [3.63, 3.8) is 0 Å². The molecule has 0 aromatic heterocycles. The lowest BCUT2D eigenvalue weighted by molar-refractivity contribution is 0.0822. The number of benzene rings is 1. The van der Waals surface area contributed by atoms with Gasteiger partial charge in [-0.3, -0.25) is 0 Å². The first-order valence-electron chi connectivity index (χ1n) is 5.46. The second kappa shape index (κ2) is 5.54. The van der Waals surface area contributed by atoms with Crippen LogP contribution in [0.2, 0.25) is 0 Å². The van der Waals surface area contributed by atoms with Crippen LogP contribution in [-0.4, -0.2) is 24.1 Å². The molecule has 0 atom stereocenters. The first kappa shape index (κ1) is 12.6. The normalized spacial score (nSPS) is 10.3. The van der Waals surface area contributed by atoms with Crippen LogP contribution in [0.1, 0.15) is 25.0 Å². The van der Waals surface area contributed by atoms with Crippen LogP contribution in [0.15, 0.2) is 24.3 Å². The Bertz CT molecular complexity index is 343. The summed E-state index contributed by atoms with van der Waals surface area (Å²) < 4.78 is 5.09. The maximum absolute atomic E-state index is 11.5. The number of carbonyl (C=O) groups is 1. The van der Waals surface area contributed by atoms with Gasteiger partial charge in [0.15, 0.2) is 0 Å². The number of rotatable bonds is 3. The molecule has 1 aromatic carbocycles. The first-order chi connectivity index (χ1) is 7.49. The molecule has 0 aliphatic heterocycles. The molecule has 0 radical (unpaired) electrons. The van der Waals surface area contributed by atoms with E-state index in [4.69, 9.17) is 4.74 Å². The zero-order chi connectivity index (χ0) is 12.1. The lowest BCUT2D eigenvalue weighted by atomic mass is 10.1. The molecule has 88 valence electrons. The summed E-state index contributed by atoms with van der Waals surface area (Å²) in [6.45, 7) is 6.31. The summed E-state index contributed by atoms with van der Waals surface area (Å²) in [5.74, 6) is 0. The molecule has 0 unspecified atom stereocenters. The Morgan fingerprint density at radius 2 is 1.88 bits per heavy atom. The topological polar surface area (TPSA) is 29.5 Å². The van der Waals surface area contributed by atoms with E-state index in [1.54, 1.807) is 11.9 Å². The summed E-state index contributed by atoms with van der Waals surface area (Å²) in [6, 6.07) is 8.12. The van der Waals surface area contributed by atoms with Crippen LogP contribution in [0.5, 0.6) is 0 Å². The fourth-order valence-electron chi connectivity index (χ4n) is 1.32. The average molecular weight is 221 g/mol. The minimum absolute atomic E-state index is 0.0760. The predicted octanol–water partition coefficient (Wildman–Crippen LogP) is 2.97. The van der Waals surface area contributed by atoms with Crippen molar-refractivity contribution in [1.29, 1.82) is 0 Å². The van der Waals surface area contributed by atoms with Crippen LogP contribution in [0.25, 0.3) is 0 Å². The Morgan fingerprint density at radius 3 is 2.38 bits per heavy atom. The van der Waals surface area contributed by atoms with Crippen molar-refractivity contribution < 1.29 is 9.53 Å². The number of hydrogen-bond donors (Lipinski definition) is 0. The fraction of sp³-hybridized carbons (Fsp3) is 0.462. The second-order valence-electron chi connectivity index (χ2n) is 4.27. The molecule has 0 saturated heterocycles. The van der Waals surface area contributed by atoms with Crippen molar-refractivity contribution in [3.05, 3.63) is 35.4 Å². The van der Waals surface area contributed by atoms with E-state index in [0.29, 0.717) is 6.54 Å². The van der Waals surface area contributed by atoms with Crippen molar-refractivity contribution >= 4 is 6.09 Å². The summed E-state index contributed by atoms with van der Waals surface area (Å²) in [7, 11) is 1.74. The Labute approximate surface area is 97.0 Å². The van der Waals surface area contributed by atoms with Crippen molar-refractivity contribution in [2.75, 3.05) is 7.05 Å². The molecule has 1 amide bonds. The number of ether oxygens (including phenoxy) is 1. The minimum Gasteiger partial charge on any atom is -0.447 e. The van der Waals surface area contributed by atoms with Gasteiger partial charge in [0, 0.05) is 13.6 Å². The SMILES string of the molecule is Cc1ccc(CN(C)C(=O)OC(C)C)cc1. The molecule has 16 heavy (non-hydrogen) atoms. The summed E-state index contributed by atoms with van der Waals surface area (Å²) in [4.78, 5) is 13.1. The van der Waals surface area contributed by atoms with Gasteiger partial charge in [0.1, 0.15) is 0 Å². The van der Waals surface area contributed by atoms with Gasteiger partial charge in [-0.1, -0.05) is 29.8 Å². The lowest BCUT2D eigenvalue weighted by Crippen LogP contribution is -2.29. The summed E-state index contributed by atoms with van der Waals surface area (Å²) in [6.07, 6.45) is -0.358. The Balaban J connectivity index is 2.53. The third-order valence-electron chi connectivity index (χ3n) is 2.19. The highest BCUT2D eigenvalue weighted by Crippen LogP contribution is 2.07. The molecule has 0 saturated carbocycles. The van der Waals surface area contributed by atoms with E-state index in [-0.39, 0.29) is 12.2 Å². The van der Waals surface area contributed by atoms with Gasteiger partial charge in [-0.05, 0) is 26.3 Å². The number of nitrogens with zero attached hydrogens (tertiary/aromatic N) is 1. The Kier molecular flexibility index (Phi) is 4.35. The highest BCUT2D eigenvalue weighted by atomic mass is 16.6. The van der Waals surface area contributed by atoms with Crippen LogP contribution in [0, 0.1) is 6.92 Å². The van der Waals surface area contributed by atoms with Gasteiger partial charge in [-0.15, -0.1) is 0 Å². The molecule has 0 N–H and O–H groups in total. The van der Waals surface area contributed by atoms with Gasteiger partial charge in [0.05, 0.1) is 6.10 Å². The Hall–Kier alpha value is -1.51. The van der Waals surface area contributed by atoms with E-state index in [1.807, 2.05) is 45.0 Å². The number of carbonyl (C=O) groups excluding carboxylic acids is 1. The number of aryl methyl sites for hydroxylation is 1. The van der Waals surface area contributed by atoms with Gasteiger partial charge >= 0.3 is 6.09 Å². The maximum atomic E-state index is 11.5. The van der Waals surface area contributed by atoms with Gasteiger partial charge < -0.3 is 9.64 Å². The molecular formula is C13H19NO2. The van der Waals surface area contributed by atoms with E-state index in [2.05, 4.69) is 0 Å². The zero-order valence-electron chi connectivity index (χ0n) is 10.4. The maximum Gasteiger partial charge on any atom is 0.410 e. The second-order valence-corrected chi connectivity index (χ2v) is 4.27. The van der Waals surface area contributed by atoms with Crippen LogP contribution >= 0.6 is 0 Å². The van der Waals surface area contributed by atoms with Crippen LogP contribution in [0.4, 0.5) is 4.79 Å². The van der Waals surface area contributed by atoms with Crippen LogP contribution in [0.3, 0.4) is 0 Å². The molecule has 0 spiro atoms. The molecule has 0 fully saturated rings. The zero-order valence-corrected chi connectivity index (χ0v) is 10.4. The van der Waals surface area contributed by atoms with Gasteiger partial charge in [0.2, 0.25) is 0 Å². The van der Waals surface area contributed by atoms with Crippen molar-refractivity contribution in [3.8, 4) is 0 Å². The molecule has 0 aliphatic carbocycles. The van der Waals surface area contributed by atoms with E-state index >= 15 is 0 Å². The van der Waals surface area contributed by atoms with Crippen molar-refractivity contribution in [2.24, 2.45) is 0 Å². The largest absolute Gasteiger partial charge is 0.447 e. The van der Waals surface area contributed by atoms with Crippen LogP contribution in [-0.2, 0) is 11.3 Å². The van der Waals surface area contributed by atoms with E-state index < -0.39 is 0 Å². The van der Waals surface area contributed by atoms with Gasteiger partial charge in [0.25, 0.3) is 0 Å². The van der Waals surface area contributed by atoms with E-state index in [0.717, 1.165) is 5.56 Å². The summed E-state index contributed by atoms with van der Waals surface area (Å²) in [5.41, 5.74) is 2.32. The predicted molar refractivity (Wildman–Crippen MR) is 64.3 cm³/mol. The Morgan fingerprint density at radius 1 is 1.31 bits per heavy atom. The molecule has 1 aromatic rings. The molecule has 0 aliphatic rings. The van der Waals surface area contributed by atoms with E-state index in [9.17, 15) is 4.79 Å². The number of amides is 1. The third kappa shape index (κ3) is 3.93. The summed E-state index contributed by atoms with van der Waals surface area (Å²) in [5, 5.41) is 0. The molecule has 0 heterocycles. The first-order valence-corrected chi connectivity index (χ1v) is 5.46. The lowest BCUT2D eigenvalue weighted by Gasteiger charge is -2.18. The molecule has 3 heteroatoms. The molecule has 1 rings (SSSR count). The highest BCUT2D eigenvalue weighted by Gasteiger charge is 2.11. The van der Waals surface area contributed by atoms with Crippen LogP contribution < -0.4 is 0 Å². The number of hydrogen-bond acceptors (Lipinski definition) is 2.